The zero-order valence-electron chi connectivity index (χ0n) is 21.4. The molecule has 35 heavy (non-hydrogen) atoms. The Morgan fingerprint density at radius 2 is 1.77 bits per heavy atom. The van der Waals surface area contributed by atoms with E-state index < -0.39 is 12.8 Å². The minimum absolute atomic E-state index is 0.00643. The molecular weight excluding hydrogens is 455 g/mol. The van der Waals surface area contributed by atoms with Crippen molar-refractivity contribution >= 4 is 12.0 Å². The molecule has 4 aliphatic rings. The van der Waals surface area contributed by atoms with Gasteiger partial charge < -0.3 is 29.6 Å². The molecule has 2 amide bonds. The Bertz CT molecular complexity index is 806. The van der Waals surface area contributed by atoms with Crippen LogP contribution in [0.5, 0.6) is 0 Å². The number of methoxy groups -OCH3 is 1. The summed E-state index contributed by atoms with van der Waals surface area (Å²) >= 11 is 0. The largest absolute Gasteiger partial charge is 0.443 e. The van der Waals surface area contributed by atoms with Gasteiger partial charge in [0, 0.05) is 19.2 Å². The molecule has 0 bridgehead atoms. The molecule has 6 atom stereocenters. The molecule has 8 nitrogen and oxygen atoms in total. The van der Waals surface area contributed by atoms with Crippen LogP contribution in [0, 0.1) is 5.92 Å². The van der Waals surface area contributed by atoms with Gasteiger partial charge >= 0.3 is 6.09 Å². The molecule has 2 saturated heterocycles. The van der Waals surface area contributed by atoms with Crippen LogP contribution in [0.2, 0.25) is 0 Å². The topological polar surface area (TPSA) is 102 Å². The molecule has 2 aliphatic carbocycles. The molecule has 1 spiro atoms. The van der Waals surface area contributed by atoms with E-state index >= 15 is 0 Å². The zero-order valence-corrected chi connectivity index (χ0v) is 21.4. The molecule has 2 heterocycles. The Morgan fingerprint density at radius 1 is 1.11 bits per heavy atom. The van der Waals surface area contributed by atoms with Crippen LogP contribution in [0.3, 0.4) is 0 Å². The van der Waals surface area contributed by atoms with Crippen molar-refractivity contribution in [2.24, 2.45) is 5.92 Å². The van der Waals surface area contributed by atoms with Gasteiger partial charge in [-0.25, -0.2) is 4.79 Å². The molecule has 0 radical (unpaired) electrons. The number of alkyl carbamates (subject to hydrolysis) is 1. The first-order chi connectivity index (χ1) is 16.7. The first-order valence-electron chi connectivity index (χ1n) is 13.0. The maximum Gasteiger partial charge on any atom is 0.407 e. The second-order valence-electron chi connectivity index (χ2n) is 11.0. The summed E-state index contributed by atoms with van der Waals surface area (Å²) in [6.45, 7) is 6.34. The van der Waals surface area contributed by atoms with Crippen molar-refractivity contribution in [1.29, 1.82) is 0 Å². The highest BCUT2D eigenvalue weighted by molar-refractivity contribution is 5.76. The third-order valence-corrected chi connectivity index (χ3v) is 8.23. The molecule has 4 rings (SSSR count). The number of allylic oxidation sites excluding steroid dienone is 1. The van der Waals surface area contributed by atoms with Gasteiger partial charge in [-0.3, -0.25) is 9.18 Å². The predicted molar refractivity (Wildman–Crippen MR) is 128 cm³/mol. The van der Waals surface area contributed by atoms with Gasteiger partial charge in [-0.15, -0.1) is 0 Å². The van der Waals surface area contributed by atoms with Crippen LogP contribution in [-0.4, -0.2) is 74.0 Å². The fraction of sp³-hybridized carbons (Fsp3) is 0.846. The lowest BCUT2D eigenvalue weighted by molar-refractivity contribution is -0.122. The summed E-state index contributed by atoms with van der Waals surface area (Å²) in [4.78, 5) is 24.4. The second-order valence-corrected chi connectivity index (χ2v) is 11.0. The molecule has 2 N–H and O–H groups in total. The molecule has 2 aliphatic heterocycles. The molecule has 198 valence electrons. The van der Waals surface area contributed by atoms with E-state index in [1.807, 2.05) is 0 Å². The molecule has 4 fully saturated rings. The van der Waals surface area contributed by atoms with Crippen molar-refractivity contribution in [1.82, 2.24) is 10.6 Å². The van der Waals surface area contributed by atoms with E-state index in [2.05, 4.69) is 37.5 Å². The lowest BCUT2D eigenvalue weighted by atomic mass is 9.68. The number of ether oxygens (including phenoxy) is 4. The average molecular weight is 497 g/mol. The summed E-state index contributed by atoms with van der Waals surface area (Å²) in [6.07, 6.45) is 6.42. The number of carbonyl (C=O) groups is 2. The molecular formula is C26H41FN2O6. The fourth-order valence-electron chi connectivity index (χ4n) is 6.18. The Labute approximate surface area is 207 Å². The zero-order chi connectivity index (χ0) is 25.2. The maximum absolute atomic E-state index is 12.8. The normalized spacial score (nSPS) is 40.0. The van der Waals surface area contributed by atoms with Gasteiger partial charge in [-0.1, -0.05) is 11.6 Å². The standard InChI is InChI=1S/C26H41FN2O6/c1-16(2)5-10-20-25(3,35-20)23-22(32-4)19(11-13-26(23)15-33-26)34-24(31)29-18-8-6-17(7-9-18)28-21(30)12-14-27/h5,17-20,22-23H,6-15H2,1-4H3,(H,28,30)(H,29,31)/t17?,18?,19?,20-,22?,23?,25+,26+/m1/s1. The lowest BCUT2D eigenvalue weighted by Crippen LogP contribution is -2.56. The first-order valence-corrected chi connectivity index (χ1v) is 13.0. The van der Waals surface area contributed by atoms with Gasteiger partial charge in [0.05, 0.1) is 31.7 Å². The number of rotatable bonds is 9. The van der Waals surface area contributed by atoms with Gasteiger partial charge in [0.1, 0.15) is 23.4 Å². The predicted octanol–water partition coefficient (Wildman–Crippen LogP) is 3.58. The first kappa shape index (κ1) is 26.4. The van der Waals surface area contributed by atoms with Crippen LogP contribution in [0.25, 0.3) is 0 Å². The highest BCUT2D eigenvalue weighted by Crippen LogP contribution is 2.59. The maximum atomic E-state index is 12.8. The number of hydrogen-bond acceptors (Lipinski definition) is 6. The molecule has 0 aromatic carbocycles. The number of hydrogen-bond donors (Lipinski definition) is 2. The van der Waals surface area contributed by atoms with Crippen molar-refractivity contribution in [3.63, 3.8) is 0 Å². The van der Waals surface area contributed by atoms with Crippen molar-refractivity contribution < 1.29 is 32.9 Å². The molecule has 0 aromatic rings. The quantitative estimate of drug-likeness (QED) is 0.374. The summed E-state index contributed by atoms with van der Waals surface area (Å²) < 4.78 is 36.4. The minimum atomic E-state index is -0.645. The van der Waals surface area contributed by atoms with Crippen LogP contribution < -0.4 is 10.6 Å². The number of nitrogens with one attached hydrogen (secondary N) is 2. The van der Waals surface area contributed by atoms with Gasteiger partial charge in [0.25, 0.3) is 0 Å². The Morgan fingerprint density at radius 3 is 2.34 bits per heavy atom. The Kier molecular flexibility index (Phi) is 8.08. The van der Waals surface area contributed by atoms with E-state index in [9.17, 15) is 14.0 Å². The van der Waals surface area contributed by atoms with Gasteiger partial charge in [0.2, 0.25) is 5.91 Å². The molecule has 0 aromatic heterocycles. The Hall–Kier alpha value is -1.71. The monoisotopic (exact) mass is 496 g/mol. The molecule has 2 saturated carbocycles. The van der Waals surface area contributed by atoms with Crippen LogP contribution in [-0.2, 0) is 23.7 Å². The van der Waals surface area contributed by atoms with Gasteiger partial charge in [-0.05, 0) is 65.7 Å². The summed E-state index contributed by atoms with van der Waals surface area (Å²) in [6, 6.07) is 0.0291. The highest BCUT2D eigenvalue weighted by atomic mass is 19.1. The molecule has 9 heteroatoms. The Balaban J connectivity index is 1.30. The number of carbonyl (C=O) groups excluding carboxylic acids is 2. The van der Waals surface area contributed by atoms with Crippen molar-refractivity contribution in [3.8, 4) is 0 Å². The van der Waals surface area contributed by atoms with Crippen molar-refractivity contribution in [2.45, 2.75) is 114 Å². The van der Waals surface area contributed by atoms with Crippen molar-refractivity contribution in [3.05, 3.63) is 11.6 Å². The van der Waals surface area contributed by atoms with E-state index in [1.54, 1.807) is 7.11 Å². The summed E-state index contributed by atoms with van der Waals surface area (Å²) in [5.41, 5.74) is 0.643. The van der Waals surface area contributed by atoms with Crippen LogP contribution in [0.1, 0.15) is 72.1 Å². The van der Waals surface area contributed by atoms with Gasteiger partial charge in [-0.2, -0.15) is 0 Å². The van der Waals surface area contributed by atoms with E-state index in [4.69, 9.17) is 18.9 Å². The third-order valence-electron chi connectivity index (χ3n) is 8.23. The van der Waals surface area contributed by atoms with E-state index in [0.717, 1.165) is 38.5 Å². The summed E-state index contributed by atoms with van der Waals surface area (Å²) in [7, 11) is 1.67. The summed E-state index contributed by atoms with van der Waals surface area (Å²) in [5, 5.41) is 5.86. The van der Waals surface area contributed by atoms with E-state index in [1.165, 1.54) is 5.57 Å². The third kappa shape index (κ3) is 6.00. The summed E-state index contributed by atoms with van der Waals surface area (Å²) in [5.74, 6) is -0.264. The fourth-order valence-corrected chi connectivity index (χ4v) is 6.18. The lowest BCUT2D eigenvalue weighted by Gasteiger charge is -2.42. The smallest absolute Gasteiger partial charge is 0.407 e. The van der Waals surface area contributed by atoms with Crippen molar-refractivity contribution in [2.75, 3.05) is 20.4 Å². The number of epoxide rings is 2. The van der Waals surface area contributed by atoms with Crippen LogP contribution >= 0.6 is 0 Å². The second kappa shape index (κ2) is 10.7. The number of alkyl halides is 1. The average Bonchev–Trinajstić information content (AvgIpc) is 3.72. The van der Waals surface area contributed by atoms with Crippen LogP contribution in [0.15, 0.2) is 11.6 Å². The SMILES string of the molecule is COC1C(OC(=O)NC2CCC(NC(=O)CCF)CC2)CC[C@]2(CO2)C1[C@@]1(C)O[C@@H]1CC=C(C)C. The number of halogens is 1. The van der Waals surface area contributed by atoms with E-state index in [0.29, 0.717) is 13.0 Å². The number of amides is 2. The van der Waals surface area contributed by atoms with E-state index in [-0.39, 0.29) is 59.8 Å². The highest BCUT2D eigenvalue weighted by Gasteiger charge is 2.72. The van der Waals surface area contributed by atoms with Gasteiger partial charge in [0.15, 0.2) is 0 Å². The minimum Gasteiger partial charge on any atom is -0.443 e. The van der Waals surface area contributed by atoms with Crippen LogP contribution in [0.4, 0.5) is 9.18 Å². The molecule has 3 unspecified atom stereocenters.